The van der Waals surface area contributed by atoms with E-state index in [0.29, 0.717) is 43.9 Å². The summed E-state index contributed by atoms with van der Waals surface area (Å²) < 4.78 is 99.8. The lowest BCUT2D eigenvalue weighted by molar-refractivity contribution is -0.143. The SMILES string of the molecule is COc1cc(C[C@@H]2CN(CCN3CCC[C@H]3CO)CCN2C(=O)c2cc(C(F)(F)F)cc(C(F)(F)F)c2)ccc1F. The highest BCUT2D eigenvalue weighted by Gasteiger charge is 2.39. The number of likely N-dealkylation sites (tertiary alicyclic amines) is 1. The van der Waals surface area contributed by atoms with E-state index in [4.69, 9.17) is 4.74 Å². The number of methoxy groups -OCH3 is 1. The van der Waals surface area contributed by atoms with Crippen LogP contribution in [0.15, 0.2) is 36.4 Å². The molecule has 13 heteroatoms. The standard InChI is InChI=1S/C28H32F7N3O3/c1-41-25-12-18(4-5-24(25)29)11-23-16-36(7-9-37-6-2-3-22(37)17-39)8-10-38(23)26(40)19-13-20(27(30,31)32)15-21(14-19)28(33,34)35/h4-5,12-15,22-23,39H,2-3,6-11,16-17H2,1H3/t22-,23+/m0/s1. The molecule has 0 bridgehead atoms. The Morgan fingerprint density at radius 1 is 0.951 bits per heavy atom. The molecular formula is C28H32F7N3O3. The zero-order valence-corrected chi connectivity index (χ0v) is 22.4. The monoisotopic (exact) mass is 591 g/mol. The van der Waals surface area contributed by atoms with E-state index in [-0.39, 0.29) is 37.4 Å². The fourth-order valence-corrected chi connectivity index (χ4v) is 5.58. The second-order valence-electron chi connectivity index (χ2n) is 10.4. The third-order valence-corrected chi connectivity index (χ3v) is 7.76. The van der Waals surface area contributed by atoms with Gasteiger partial charge in [0.1, 0.15) is 0 Å². The van der Waals surface area contributed by atoms with Gasteiger partial charge in [0.15, 0.2) is 11.6 Å². The molecule has 0 saturated carbocycles. The fourth-order valence-electron chi connectivity index (χ4n) is 5.58. The second-order valence-corrected chi connectivity index (χ2v) is 10.4. The minimum Gasteiger partial charge on any atom is -0.494 e. The lowest BCUT2D eigenvalue weighted by Gasteiger charge is -2.42. The van der Waals surface area contributed by atoms with E-state index >= 15 is 0 Å². The van der Waals surface area contributed by atoms with Gasteiger partial charge in [-0.2, -0.15) is 26.3 Å². The number of halogens is 7. The Hall–Kier alpha value is -2.90. The van der Waals surface area contributed by atoms with Crippen LogP contribution in [0.3, 0.4) is 0 Å². The molecule has 0 unspecified atom stereocenters. The van der Waals surface area contributed by atoms with Crippen LogP contribution in [-0.4, -0.2) is 90.8 Å². The van der Waals surface area contributed by atoms with Crippen molar-refractivity contribution in [1.82, 2.24) is 14.7 Å². The maximum atomic E-state index is 14.0. The zero-order valence-electron chi connectivity index (χ0n) is 22.4. The summed E-state index contributed by atoms with van der Waals surface area (Å²) in [4.78, 5) is 19.1. The van der Waals surface area contributed by atoms with E-state index in [9.17, 15) is 40.6 Å². The summed E-state index contributed by atoms with van der Waals surface area (Å²) in [6, 6.07) is 4.50. The molecule has 0 aromatic heterocycles. The van der Waals surface area contributed by atoms with E-state index in [2.05, 4.69) is 9.80 Å². The van der Waals surface area contributed by atoms with Gasteiger partial charge < -0.3 is 14.7 Å². The summed E-state index contributed by atoms with van der Waals surface area (Å²) in [6.45, 7) is 2.89. The minimum absolute atomic E-state index is 0.00497. The van der Waals surface area contributed by atoms with Crippen LogP contribution in [0.4, 0.5) is 30.7 Å². The predicted octanol–water partition coefficient (Wildman–Crippen LogP) is 4.70. The molecule has 41 heavy (non-hydrogen) atoms. The van der Waals surface area contributed by atoms with Gasteiger partial charge in [-0.3, -0.25) is 14.6 Å². The predicted molar refractivity (Wildman–Crippen MR) is 136 cm³/mol. The summed E-state index contributed by atoms with van der Waals surface area (Å²) in [7, 11) is 1.30. The van der Waals surface area contributed by atoms with Crippen molar-refractivity contribution in [3.63, 3.8) is 0 Å². The van der Waals surface area contributed by atoms with Gasteiger partial charge in [0.25, 0.3) is 5.91 Å². The minimum atomic E-state index is -5.08. The average molecular weight is 592 g/mol. The molecule has 0 aliphatic carbocycles. The van der Waals surface area contributed by atoms with Gasteiger partial charge in [0.05, 0.1) is 24.8 Å². The van der Waals surface area contributed by atoms with Crippen molar-refractivity contribution < 1.29 is 45.4 Å². The first-order valence-electron chi connectivity index (χ1n) is 13.3. The molecule has 0 spiro atoms. The van der Waals surface area contributed by atoms with Crippen LogP contribution in [0.5, 0.6) is 5.75 Å². The lowest BCUT2D eigenvalue weighted by Crippen LogP contribution is -2.57. The third-order valence-electron chi connectivity index (χ3n) is 7.76. The molecule has 2 heterocycles. The summed E-state index contributed by atoms with van der Waals surface area (Å²) in [5.74, 6) is -1.56. The molecule has 0 radical (unpaired) electrons. The van der Waals surface area contributed by atoms with E-state index < -0.39 is 46.8 Å². The van der Waals surface area contributed by atoms with Gasteiger partial charge in [-0.15, -0.1) is 0 Å². The third kappa shape index (κ3) is 7.49. The molecule has 2 fully saturated rings. The number of carbonyl (C=O) groups is 1. The Morgan fingerprint density at radius 2 is 1.63 bits per heavy atom. The van der Waals surface area contributed by atoms with Gasteiger partial charge in [0.2, 0.25) is 0 Å². The number of hydrogen-bond acceptors (Lipinski definition) is 5. The van der Waals surface area contributed by atoms with Crippen LogP contribution < -0.4 is 4.74 Å². The number of aliphatic hydroxyl groups is 1. The van der Waals surface area contributed by atoms with E-state index in [1.165, 1.54) is 30.2 Å². The van der Waals surface area contributed by atoms with Gasteiger partial charge in [-0.1, -0.05) is 6.07 Å². The number of aliphatic hydroxyl groups excluding tert-OH is 1. The van der Waals surface area contributed by atoms with E-state index in [0.717, 1.165) is 19.4 Å². The normalized spacial score (nSPS) is 21.0. The van der Waals surface area contributed by atoms with Crippen molar-refractivity contribution in [2.75, 3.05) is 53.0 Å². The van der Waals surface area contributed by atoms with Crippen molar-refractivity contribution in [2.24, 2.45) is 0 Å². The number of hydrogen-bond donors (Lipinski definition) is 1. The van der Waals surface area contributed by atoms with Crippen molar-refractivity contribution in [3.05, 3.63) is 64.5 Å². The molecule has 4 rings (SSSR count). The van der Waals surface area contributed by atoms with Crippen LogP contribution in [0.25, 0.3) is 0 Å². The van der Waals surface area contributed by atoms with E-state index in [1.807, 2.05) is 0 Å². The van der Waals surface area contributed by atoms with Gasteiger partial charge in [-0.25, -0.2) is 4.39 Å². The number of carbonyl (C=O) groups excluding carboxylic acids is 1. The number of benzene rings is 2. The number of nitrogens with zero attached hydrogens (tertiary/aromatic N) is 3. The number of piperazine rings is 1. The molecule has 1 N–H and O–H groups in total. The molecular weight excluding hydrogens is 559 g/mol. The Balaban J connectivity index is 1.61. The average Bonchev–Trinajstić information content (AvgIpc) is 3.39. The van der Waals surface area contributed by atoms with Crippen molar-refractivity contribution >= 4 is 5.91 Å². The molecule has 2 aromatic rings. The summed E-state index contributed by atoms with van der Waals surface area (Å²) >= 11 is 0. The molecule has 1 amide bonds. The number of amides is 1. The van der Waals surface area contributed by atoms with Crippen LogP contribution in [0.2, 0.25) is 0 Å². The van der Waals surface area contributed by atoms with Crippen LogP contribution in [-0.2, 0) is 18.8 Å². The molecule has 2 aliphatic heterocycles. The molecule has 2 atom stereocenters. The Morgan fingerprint density at radius 3 is 2.24 bits per heavy atom. The van der Waals surface area contributed by atoms with Crippen molar-refractivity contribution in [3.8, 4) is 5.75 Å². The first-order valence-corrected chi connectivity index (χ1v) is 13.3. The Labute approximate surface area is 233 Å². The maximum absolute atomic E-state index is 14.0. The van der Waals surface area contributed by atoms with Crippen molar-refractivity contribution in [2.45, 2.75) is 43.7 Å². The number of alkyl halides is 6. The summed E-state index contributed by atoms with van der Waals surface area (Å²) in [6.07, 6.45) is -8.13. The second kappa shape index (κ2) is 12.5. The van der Waals surface area contributed by atoms with Gasteiger partial charge >= 0.3 is 12.4 Å². The van der Waals surface area contributed by atoms with Gasteiger partial charge in [-0.05, 0) is 61.7 Å². The van der Waals surface area contributed by atoms with Crippen molar-refractivity contribution in [1.29, 1.82) is 0 Å². The van der Waals surface area contributed by atoms with Crippen LogP contribution in [0, 0.1) is 5.82 Å². The molecule has 226 valence electrons. The highest BCUT2D eigenvalue weighted by atomic mass is 19.4. The van der Waals surface area contributed by atoms with Gasteiger partial charge in [0, 0.05) is 50.4 Å². The fraction of sp³-hybridized carbons (Fsp3) is 0.536. The largest absolute Gasteiger partial charge is 0.494 e. The smallest absolute Gasteiger partial charge is 0.416 e. The van der Waals surface area contributed by atoms with Crippen LogP contribution in [0.1, 0.15) is 39.9 Å². The van der Waals surface area contributed by atoms with E-state index in [1.54, 1.807) is 0 Å². The summed E-state index contributed by atoms with van der Waals surface area (Å²) in [5, 5.41) is 9.61. The Kier molecular flexibility index (Phi) is 9.49. The number of ether oxygens (including phenoxy) is 1. The highest BCUT2D eigenvalue weighted by Crippen LogP contribution is 2.37. The quantitative estimate of drug-likeness (QED) is 0.452. The first kappa shape index (κ1) is 31.0. The first-order chi connectivity index (χ1) is 19.3. The highest BCUT2D eigenvalue weighted by molar-refractivity contribution is 5.95. The topological polar surface area (TPSA) is 56.2 Å². The lowest BCUT2D eigenvalue weighted by atomic mass is 9.99. The molecule has 2 aromatic carbocycles. The van der Waals surface area contributed by atoms with Crippen LogP contribution >= 0.6 is 0 Å². The zero-order chi connectivity index (χ0) is 29.9. The number of rotatable bonds is 8. The molecule has 6 nitrogen and oxygen atoms in total. The molecule has 2 aliphatic rings. The Bertz CT molecular complexity index is 1190. The summed E-state index contributed by atoms with van der Waals surface area (Å²) in [5.41, 5.74) is -3.23. The molecule has 2 saturated heterocycles. The maximum Gasteiger partial charge on any atom is 0.416 e.